The van der Waals surface area contributed by atoms with Crippen molar-refractivity contribution in [2.75, 3.05) is 11.9 Å². The maximum Gasteiger partial charge on any atom is 0.249 e. The van der Waals surface area contributed by atoms with Crippen LogP contribution in [0.1, 0.15) is 35.4 Å². The van der Waals surface area contributed by atoms with Gasteiger partial charge in [-0.1, -0.05) is 35.5 Å². The van der Waals surface area contributed by atoms with E-state index < -0.39 is 16.1 Å². The van der Waals surface area contributed by atoms with E-state index in [9.17, 15) is 13.2 Å². The summed E-state index contributed by atoms with van der Waals surface area (Å²) in [6.07, 6.45) is 1.93. The van der Waals surface area contributed by atoms with Gasteiger partial charge < -0.3 is 9.84 Å². The average Bonchev–Trinajstić information content (AvgIpc) is 3.44. The van der Waals surface area contributed by atoms with E-state index in [-0.39, 0.29) is 16.6 Å². The zero-order valence-corrected chi connectivity index (χ0v) is 18.2. The van der Waals surface area contributed by atoms with Crippen LogP contribution in [-0.2, 0) is 21.2 Å². The number of hydrogen-bond acceptors (Lipinski definition) is 5. The number of amides is 1. The van der Waals surface area contributed by atoms with Crippen molar-refractivity contribution < 1.29 is 17.7 Å². The van der Waals surface area contributed by atoms with Crippen LogP contribution in [0.4, 0.5) is 5.69 Å². The van der Waals surface area contributed by atoms with Crippen molar-refractivity contribution >= 4 is 21.6 Å². The Labute approximate surface area is 181 Å². The summed E-state index contributed by atoms with van der Waals surface area (Å²) in [5.41, 5.74) is 5.82. The number of rotatable bonds is 4. The van der Waals surface area contributed by atoms with Crippen molar-refractivity contribution in [2.24, 2.45) is 0 Å². The van der Waals surface area contributed by atoms with E-state index in [0.717, 1.165) is 12.0 Å². The molecule has 0 unspecified atom stereocenters. The van der Waals surface area contributed by atoms with E-state index >= 15 is 0 Å². The number of nitrogens with one attached hydrogen (secondary N) is 1. The van der Waals surface area contributed by atoms with Gasteiger partial charge in [-0.05, 0) is 67.5 Å². The van der Waals surface area contributed by atoms with Gasteiger partial charge in [0.2, 0.25) is 15.9 Å². The van der Waals surface area contributed by atoms with Crippen molar-refractivity contribution in [1.82, 2.24) is 9.46 Å². The van der Waals surface area contributed by atoms with Crippen molar-refractivity contribution in [3.05, 3.63) is 65.0 Å². The summed E-state index contributed by atoms with van der Waals surface area (Å²) in [5.74, 6) is -0.0787. The summed E-state index contributed by atoms with van der Waals surface area (Å²) in [6.45, 7) is 3.46. The molecule has 5 rings (SSSR count). The molecule has 1 N–H and O–H groups in total. The second kappa shape index (κ2) is 7.32. The third-order valence-corrected chi connectivity index (χ3v) is 8.26. The van der Waals surface area contributed by atoms with Crippen LogP contribution in [0.15, 0.2) is 51.9 Å². The Morgan fingerprint density at radius 2 is 1.90 bits per heavy atom. The van der Waals surface area contributed by atoms with Crippen molar-refractivity contribution in [1.29, 1.82) is 0 Å². The first-order valence-corrected chi connectivity index (χ1v) is 11.8. The van der Waals surface area contributed by atoms with E-state index in [0.29, 0.717) is 30.8 Å². The Bertz CT molecular complexity index is 1280. The number of sulfonamides is 1. The van der Waals surface area contributed by atoms with E-state index in [1.165, 1.54) is 21.0 Å². The topological polar surface area (TPSA) is 92.5 Å². The van der Waals surface area contributed by atoms with Crippen LogP contribution >= 0.6 is 0 Å². The van der Waals surface area contributed by atoms with Crippen LogP contribution in [0.25, 0.3) is 11.1 Å². The number of anilines is 1. The van der Waals surface area contributed by atoms with Crippen LogP contribution in [0.5, 0.6) is 0 Å². The smallest absolute Gasteiger partial charge is 0.249 e. The number of carbonyl (C=O) groups is 1. The molecule has 0 radical (unpaired) electrons. The van der Waals surface area contributed by atoms with Gasteiger partial charge in [0.25, 0.3) is 0 Å². The molecule has 0 saturated carbocycles. The second-order valence-corrected chi connectivity index (χ2v) is 9.95. The monoisotopic (exact) mass is 437 g/mol. The van der Waals surface area contributed by atoms with Crippen LogP contribution in [0.3, 0.4) is 0 Å². The number of fused-ring (bicyclic) bond motifs is 3. The quantitative estimate of drug-likeness (QED) is 0.526. The molecule has 0 bridgehead atoms. The van der Waals surface area contributed by atoms with Crippen molar-refractivity contribution in [3.8, 4) is 11.1 Å². The molecule has 1 amide bonds. The summed E-state index contributed by atoms with van der Waals surface area (Å²) in [6, 6.07) is 13.4. The number of aryl methyl sites for hydroxylation is 2. The number of hydrogen-bond donors (Lipinski definition) is 1. The summed E-state index contributed by atoms with van der Waals surface area (Å²) in [4.78, 5) is 13.1. The van der Waals surface area contributed by atoms with E-state index in [1.54, 1.807) is 13.8 Å². The predicted molar refractivity (Wildman–Crippen MR) is 116 cm³/mol. The fourth-order valence-electron chi connectivity index (χ4n) is 4.70. The first kappa shape index (κ1) is 20.0. The first-order chi connectivity index (χ1) is 14.9. The third-order valence-electron chi connectivity index (χ3n) is 6.10. The fourth-order valence-corrected chi connectivity index (χ4v) is 6.65. The molecule has 31 heavy (non-hydrogen) atoms. The van der Waals surface area contributed by atoms with Gasteiger partial charge in [0.15, 0.2) is 5.76 Å². The minimum atomic E-state index is -3.87. The molecule has 8 heteroatoms. The Morgan fingerprint density at radius 3 is 2.68 bits per heavy atom. The minimum Gasteiger partial charge on any atom is -0.360 e. The highest BCUT2D eigenvalue weighted by Crippen LogP contribution is 2.38. The lowest BCUT2D eigenvalue weighted by Crippen LogP contribution is -2.43. The lowest BCUT2D eigenvalue weighted by Gasteiger charge is -2.23. The number of benzene rings is 2. The van der Waals surface area contributed by atoms with Gasteiger partial charge in [-0.2, -0.15) is 4.31 Å². The van der Waals surface area contributed by atoms with Gasteiger partial charge in [-0.25, -0.2) is 8.42 Å². The largest absolute Gasteiger partial charge is 0.360 e. The molecule has 1 aliphatic carbocycles. The Balaban J connectivity index is 1.38. The molecular formula is C23H23N3O4S. The average molecular weight is 438 g/mol. The van der Waals surface area contributed by atoms with Crippen molar-refractivity contribution in [2.45, 2.75) is 44.0 Å². The highest BCUT2D eigenvalue weighted by atomic mass is 32.2. The molecular weight excluding hydrogens is 414 g/mol. The normalized spacial score (nSPS) is 18.1. The van der Waals surface area contributed by atoms with Gasteiger partial charge in [0.05, 0.1) is 0 Å². The Hall–Kier alpha value is -2.97. The highest BCUT2D eigenvalue weighted by molar-refractivity contribution is 7.89. The maximum atomic E-state index is 13.2. The molecule has 1 atom stereocenters. The van der Waals surface area contributed by atoms with Gasteiger partial charge in [0.1, 0.15) is 16.6 Å². The molecule has 160 valence electrons. The summed E-state index contributed by atoms with van der Waals surface area (Å²) >= 11 is 0. The zero-order valence-electron chi connectivity index (χ0n) is 17.4. The molecule has 2 aromatic carbocycles. The molecule has 0 spiro atoms. The van der Waals surface area contributed by atoms with Gasteiger partial charge in [-0.15, -0.1) is 0 Å². The molecule has 3 aromatic rings. The Kier molecular flexibility index (Phi) is 4.71. The van der Waals surface area contributed by atoms with Gasteiger partial charge >= 0.3 is 0 Å². The summed E-state index contributed by atoms with van der Waals surface area (Å²) < 4.78 is 32.8. The standard InChI is InChI=1S/C23H23N3O4S/c1-14-22(15(2)30-25-14)31(28,29)26-11-5-8-21(26)23(27)24-18-9-10-20-17(13-18)12-16-6-3-4-7-19(16)20/h3-4,6-7,9-10,13,21H,5,8,11-12H2,1-2H3,(H,24,27)/t21-/m0/s1. The van der Waals surface area contributed by atoms with Crippen LogP contribution < -0.4 is 5.32 Å². The van der Waals surface area contributed by atoms with E-state index in [1.807, 2.05) is 30.3 Å². The van der Waals surface area contributed by atoms with Crippen molar-refractivity contribution in [3.63, 3.8) is 0 Å². The highest BCUT2D eigenvalue weighted by Gasteiger charge is 2.42. The molecule has 1 fully saturated rings. The van der Waals surface area contributed by atoms with E-state index in [4.69, 9.17) is 4.52 Å². The van der Waals surface area contributed by atoms with Gasteiger partial charge in [0, 0.05) is 12.2 Å². The lowest BCUT2D eigenvalue weighted by atomic mass is 10.1. The zero-order chi connectivity index (χ0) is 21.8. The summed E-state index contributed by atoms with van der Waals surface area (Å²) in [5, 5.41) is 6.69. The second-order valence-electron chi connectivity index (χ2n) is 8.12. The van der Waals surface area contributed by atoms with Crippen LogP contribution in [0, 0.1) is 13.8 Å². The van der Waals surface area contributed by atoms with E-state index in [2.05, 4.69) is 22.6 Å². The molecule has 2 aliphatic rings. The molecule has 1 aliphatic heterocycles. The first-order valence-electron chi connectivity index (χ1n) is 10.3. The lowest BCUT2D eigenvalue weighted by molar-refractivity contribution is -0.119. The third kappa shape index (κ3) is 3.26. The van der Waals surface area contributed by atoms with Crippen LogP contribution in [0.2, 0.25) is 0 Å². The minimum absolute atomic E-state index is 0.0579. The number of carbonyl (C=O) groups excluding carboxylic acids is 1. The Morgan fingerprint density at radius 1 is 1.13 bits per heavy atom. The molecule has 1 saturated heterocycles. The van der Waals surface area contributed by atoms with Crippen LogP contribution in [-0.4, -0.2) is 36.4 Å². The molecule has 7 nitrogen and oxygen atoms in total. The molecule has 1 aromatic heterocycles. The number of nitrogens with zero attached hydrogens (tertiary/aromatic N) is 2. The molecule has 2 heterocycles. The van der Waals surface area contributed by atoms with Gasteiger partial charge in [-0.3, -0.25) is 4.79 Å². The predicted octanol–water partition coefficient (Wildman–Crippen LogP) is 3.65. The fraction of sp³-hybridized carbons (Fsp3) is 0.304. The SMILES string of the molecule is Cc1noc(C)c1S(=O)(=O)N1CCC[C@H]1C(=O)Nc1ccc2c(c1)Cc1ccccc1-2. The number of aromatic nitrogens is 1. The maximum absolute atomic E-state index is 13.2. The summed E-state index contributed by atoms with van der Waals surface area (Å²) in [7, 11) is -3.87.